The summed E-state index contributed by atoms with van der Waals surface area (Å²) < 4.78 is 0. The van der Waals surface area contributed by atoms with Gasteiger partial charge >= 0.3 is 0 Å². The summed E-state index contributed by atoms with van der Waals surface area (Å²) >= 11 is 0. The van der Waals surface area contributed by atoms with Crippen LogP contribution in [-0.2, 0) is 5.41 Å². The molecule has 0 N–H and O–H groups in total. The van der Waals surface area contributed by atoms with E-state index in [4.69, 9.17) is 0 Å². The molecule has 3 atom stereocenters. The van der Waals surface area contributed by atoms with Crippen molar-refractivity contribution in [1.82, 2.24) is 0 Å². The Morgan fingerprint density at radius 3 is 1.91 bits per heavy atom. The molecule has 4 aliphatic carbocycles. The van der Waals surface area contributed by atoms with Gasteiger partial charge in [0.05, 0.1) is 0 Å². The molecule has 0 spiro atoms. The quantitative estimate of drug-likeness (QED) is 0.157. The van der Waals surface area contributed by atoms with Crippen molar-refractivity contribution in [3.8, 4) is 33.4 Å². The molecule has 7 aromatic carbocycles. The molecule has 11 rings (SSSR count). The molecule has 0 heterocycles. The van der Waals surface area contributed by atoms with Gasteiger partial charge in [0.1, 0.15) is 0 Å². The van der Waals surface area contributed by atoms with Crippen molar-refractivity contribution in [3.05, 3.63) is 174 Å². The normalized spacial score (nSPS) is 20.8. The number of anilines is 3. The van der Waals surface area contributed by atoms with Crippen LogP contribution in [-0.4, -0.2) is 0 Å². The monoisotopic (exact) mass is 739 g/mol. The van der Waals surface area contributed by atoms with E-state index in [0.29, 0.717) is 5.92 Å². The molecule has 3 unspecified atom stereocenters. The van der Waals surface area contributed by atoms with E-state index in [-0.39, 0.29) is 5.41 Å². The van der Waals surface area contributed by atoms with Crippen LogP contribution in [0.15, 0.2) is 152 Å². The first kappa shape index (κ1) is 34.8. The Bertz CT molecular complexity index is 2600. The average Bonchev–Trinajstić information content (AvgIpc) is 3.97. The lowest BCUT2D eigenvalue weighted by molar-refractivity contribution is 0.420. The third-order valence-electron chi connectivity index (χ3n) is 14.8. The Balaban J connectivity index is 0.979. The first-order valence-corrected chi connectivity index (χ1v) is 21.9. The third kappa shape index (κ3) is 5.96. The summed E-state index contributed by atoms with van der Waals surface area (Å²) in [4.78, 5) is 2.50. The fraction of sp³-hybridized carbons (Fsp3) is 0.286. The lowest BCUT2D eigenvalue weighted by Crippen LogP contribution is -2.17. The molecule has 4 aliphatic rings. The van der Waals surface area contributed by atoms with Crippen LogP contribution in [0.25, 0.3) is 44.2 Å². The fourth-order valence-electron chi connectivity index (χ4n) is 11.8. The van der Waals surface area contributed by atoms with Crippen molar-refractivity contribution < 1.29 is 0 Å². The van der Waals surface area contributed by atoms with Crippen molar-refractivity contribution in [2.75, 3.05) is 4.90 Å². The highest BCUT2D eigenvalue weighted by Crippen LogP contribution is 2.54. The van der Waals surface area contributed by atoms with Crippen molar-refractivity contribution >= 4 is 27.8 Å². The molecule has 7 aromatic rings. The first-order chi connectivity index (χ1) is 28.0. The maximum atomic E-state index is 2.50. The molecule has 1 heteroatoms. The topological polar surface area (TPSA) is 3.24 Å². The summed E-state index contributed by atoms with van der Waals surface area (Å²) in [5.41, 5.74) is 17.4. The van der Waals surface area contributed by atoms with Crippen molar-refractivity contribution in [2.45, 2.75) is 88.9 Å². The van der Waals surface area contributed by atoms with E-state index >= 15 is 0 Å². The number of benzene rings is 7. The van der Waals surface area contributed by atoms with Crippen LogP contribution in [0, 0.1) is 11.8 Å². The second kappa shape index (κ2) is 13.9. The number of rotatable bonds is 7. The van der Waals surface area contributed by atoms with E-state index in [0.717, 1.165) is 17.8 Å². The maximum Gasteiger partial charge on any atom is 0.0465 e. The summed E-state index contributed by atoms with van der Waals surface area (Å²) in [7, 11) is 0. The highest BCUT2D eigenvalue weighted by atomic mass is 15.1. The van der Waals surface area contributed by atoms with E-state index in [1.807, 2.05) is 0 Å². The Kier molecular flexibility index (Phi) is 8.50. The molecule has 0 aromatic heterocycles. The summed E-state index contributed by atoms with van der Waals surface area (Å²) in [6.07, 6.45) is 12.4. The molecule has 1 nitrogen and oxygen atoms in total. The van der Waals surface area contributed by atoms with Crippen molar-refractivity contribution in [1.29, 1.82) is 0 Å². The van der Waals surface area contributed by atoms with Gasteiger partial charge in [-0.1, -0.05) is 149 Å². The SMILES string of the molecule is CC1(C)c2cc(-c3cccc4ccccc34)ccc2-c2ccc(N(c3ccc(-c4ccccc4C4CCCCC4)cc3)c3ccc(C4CC5CCC4C5)cc3)cc21. The van der Waals surface area contributed by atoms with Gasteiger partial charge < -0.3 is 4.90 Å². The summed E-state index contributed by atoms with van der Waals surface area (Å²) in [5, 5.41) is 2.59. The minimum atomic E-state index is -0.148. The van der Waals surface area contributed by atoms with Gasteiger partial charge in [0.2, 0.25) is 0 Å². The van der Waals surface area contributed by atoms with E-state index < -0.39 is 0 Å². The van der Waals surface area contributed by atoms with Gasteiger partial charge in [-0.2, -0.15) is 0 Å². The standard InChI is InChI=1S/C56H53N/c1-56(2)54-35-43(50-18-10-14-39-13-6-7-15-48(39)50)25-31-51(54)52-32-30-46(36-55(52)56)57(45-28-23-41(24-29-45)53-34-37-19-20-42(53)33-37)44-26-21-40(22-27-44)49-17-9-8-16-47(49)38-11-4-3-5-12-38/h6-10,13-18,21-32,35-38,42,53H,3-5,11-12,19-20,33-34H2,1-2H3. The van der Waals surface area contributed by atoms with Gasteiger partial charge in [-0.25, -0.2) is 0 Å². The average molecular weight is 740 g/mol. The predicted molar refractivity (Wildman–Crippen MR) is 241 cm³/mol. The zero-order valence-electron chi connectivity index (χ0n) is 33.6. The van der Waals surface area contributed by atoms with Gasteiger partial charge in [-0.05, 0) is 165 Å². The summed E-state index contributed by atoms with van der Waals surface area (Å²) in [5.74, 6) is 3.22. The van der Waals surface area contributed by atoms with Gasteiger partial charge in [0.25, 0.3) is 0 Å². The maximum absolute atomic E-state index is 2.50. The Morgan fingerprint density at radius 2 is 1.14 bits per heavy atom. The van der Waals surface area contributed by atoms with Crippen LogP contribution in [0.1, 0.15) is 106 Å². The van der Waals surface area contributed by atoms with E-state index in [1.165, 1.54) is 141 Å². The highest BCUT2D eigenvalue weighted by Gasteiger charge is 2.40. The van der Waals surface area contributed by atoms with Crippen LogP contribution in [0.3, 0.4) is 0 Å². The molecule has 0 amide bonds. The van der Waals surface area contributed by atoms with Gasteiger partial charge in [0.15, 0.2) is 0 Å². The van der Waals surface area contributed by atoms with Crippen LogP contribution < -0.4 is 4.90 Å². The lowest BCUT2D eigenvalue weighted by Gasteiger charge is -2.29. The minimum Gasteiger partial charge on any atom is -0.310 e. The van der Waals surface area contributed by atoms with Crippen molar-refractivity contribution in [2.24, 2.45) is 11.8 Å². The van der Waals surface area contributed by atoms with Crippen LogP contribution in [0.5, 0.6) is 0 Å². The number of hydrogen-bond acceptors (Lipinski definition) is 1. The van der Waals surface area contributed by atoms with Crippen molar-refractivity contribution in [3.63, 3.8) is 0 Å². The number of fused-ring (bicyclic) bond motifs is 6. The largest absolute Gasteiger partial charge is 0.310 e. The first-order valence-electron chi connectivity index (χ1n) is 21.9. The molecule has 0 saturated heterocycles. The second-order valence-corrected chi connectivity index (χ2v) is 18.3. The van der Waals surface area contributed by atoms with Gasteiger partial charge in [0, 0.05) is 22.5 Å². The smallest absolute Gasteiger partial charge is 0.0465 e. The molecule has 282 valence electrons. The lowest BCUT2D eigenvalue weighted by atomic mass is 9.81. The second-order valence-electron chi connectivity index (χ2n) is 18.3. The van der Waals surface area contributed by atoms with E-state index in [1.54, 1.807) is 0 Å². The summed E-state index contributed by atoms with van der Waals surface area (Å²) in [6, 6.07) is 58.2. The van der Waals surface area contributed by atoms with E-state index in [9.17, 15) is 0 Å². The number of nitrogens with zero attached hydrogens (tertiary/aromatic N) is 1. The Hall–Kier alpha value is -5.40. The van der Waals surface area contributed by atoms with Crippen LogP contribution in [0.2, 0.25) is 0 Å². The zero-order chi connectivity index (χ0) is 38.1. The van der Waals surface area contributed by atoms with Crippen LogP contribution in [0.4, 0.5) is 17.1 Å². The molecular formula is C56H53N. The molecule has 3 fully saturated rings. The summed E-state index contributed by atoms with van der Waals surface area (Å²) in [6.45, 7) is 4.84. The van der Waals surface area contributed by atoms with Gasteiger partial charge in [-0.15, -0.1) is 0 Å². The molecule has 2 bridgehead atoms. The van der Waals surface area contributed by atoms with Gasteiger partial charge in [-0.3, -0.25) is 0 Å². The van der Waals surface area contributed by atoms with E-state index in [2.05, 4.69) is 170 Å². The molecular weight excluding hydrogens is 687 g/mol. The zero-order valence-corrected chi connectivity index (χ0v) is 33.6. The number of hydrogen-bond donors (Lipinski definition) is 0. The Morgan fingerprint density at radius 1 is 0.491 bits per heavy atom. The van der Waals surface area contributed by atoms with Crippen LogP contribution >= 0.6 is 0 Å². The molecule has 0 radical (unpaired) electrons. The highest BCUT2D eigenvalue weighted by molar-refractivity contribution is 5.98. The minimum absolute atomic E-state index is 0.148. The molecule has 3 saturated carbocycles. The Labute approximate surface area is 339 Å². The third-order valence-corrected chi connectivity index (χ3v) is 14.8. The molecule has 57 heavy (non-hydrogen) atoms. The predicted octanol–water partition coefficient (Wildman–Crippen LogP) is 15.9. The molecule has 0 aliphatic heterocycles. The fourth-order valence-corrected chi connectivity index (χ4v) is 11.8.